The summed E-state index contributed by atoms with van der Waals surface area (Å²) in [4.78, 5) is 30.3. The molecule has 0 atom stereocenters. The summed E-state index contributed by atoms with van der Waals surface area (Å²) >= 11 is 0. The van der Waals surface area contributed by atoms with Crippen LogP contribution in [0.3, 0.4) is 0 Å². The molecule has 2 heterocycles. The number of methoxy groups -OCH3 is 1. The molecule has 154 valence electrons. The number of nitrogens with one attached hydrogen (secondary N) is 2. The van der Waals surface area contributed by atoms with E-state index in [0.29, 0.717) is 23.8 Å². The van der Waals surface area contributed by atoms with Crippen LogP contribution in [-0.2, 0) is 13.0 Å². The molecule has 0 saturated heterocycles. The van der Waals surface area contributed by atoms with E-state index in [-0.39, 0.29) is 17.9 Å². The van der Waals surface area contributed by atoms with Gasteiger partial charge < -0.3 is 19.9 Å². The number of hydrogen-bond donors (Lipinski definition) is 2. The molecule has 1 aliphatic heterocycles. The van der Waals surface area contributed by atoms with E-state index in [4.69, 9.17) is 4.74 Å². The third-order valence-corrected chi connectivity index (χ3v) is 5.82. The van der Waals surface area contributed by atoms with Gasteiger partial charge in [-0.15, -0.1) is 0 Å². The van der Waals surface area contributed by atoms with Crippen LogP contribution in [0.5, 0.6) is 5.75 Å². The molecule has 7 nitrogen and oxygen atoms in total. The molecule has 1 saturated carbocycles. The number of carbonyl (C=O) groups is 2. The summed E-state index contributed by atoms with van der Waals surface area (Å²) in [7, 11) is 1.60. The number of fused-ring (bicyclic) bond motifs is 1. The second-order valence-electron chi connectivity index (χ2n) is 7.83. The van der Waals surface area contributed by atoms with Gasteiger partial charge in [0.15, 0.2) is 5.82 Å². The lowest BCUT2D eigenvalue weighted by atomic mass is 9.95. The zero-order chi connectivity index (χ0) is 20.2. The van der Waals surface area contributed by atoms with E-state index in [1.54, 1.807) is 31.4 Å². The van der Waals surface area contributed by atoms with E-state index < -0.39 is 0 Å². The predicted octanol–water partition coefficient (Wildman–Crippen LogP) is 3.54. The van der Waals surface area contributed by atoms with Crippen LogP contribution in [0, 0.1) is 0 Å². The lowest BCUT2D eigenvalue weighted by Gasteiger charge is -2.23. The van der Waals surface area contributed by atoms with Crippen molar-refractivity contribution in [3.05, 3.63) is 41.5 Å². The normalized spacial score (nSPS) is 16.7. The molecule has 29 heavy (non-hydrogen) atoms. The lowest BCUT2D eigenvalue weighted by molar-refractivity contribution is 0.0921. The molecule has 2 aliphatic rings. The van der Waals surface area contributed by atoms with E-state index >= 15 is 0 Å². The first kappa shape index (κ1) is 19.5. The first-order chi connectivity index (χ1) is 14.2. The summed E-state index contributed by atoms with van der Waals surface area (Å²) in [6, 6.07) is 7.37. The first-order valence-corrected chi connectivity index (χ1v) is 10.5. The number of ether oxygens (including phenoxy) is 1. The molecule has 1 fully saturated rings. The number of rotatable bonds is 5. The van der Waals surface area contributed by atoms with Gasteiger partial charge in [0.05, 0.1) is 12.8 Å². The maximum atomic E-state index is 12.9. The monoisotopic (exact) mass is 396 g/mol. The van der Waals surface area contributed by atoms with Crippen molar-refractivity contribution in [1.82, 2.24) is 14.9 Å². The van der Waals surface area contributed by atoms with E-state index in [0.717, 1.165) is 56.4 Å². The van der Waals surface area contributed by atoms with Crippen molar-refractivity contribution in [3.8, 4) is 5.75 Å². The molecule has 0 radical (unpaired) electrons. The highest BCUT2D eigenvalue weighted by Crippen LogP contribution is 2.24. The number of imidazole rings is 1. The minimum atomic E-state index is -0.296. The van der Waals surface area contributed by atoms with E-state index in [9.17, 15) is 9.59 Å². The molecule has 0 spiro atoms. The van der Waals surface area contributed by atoms with Gasteiger partial charge in [-0.05, 0) is 56.4 Å². The molecule has 0 unspecified atom stereocenters. The number of anilines is 1. The van der Waals surface area contributed by atoms with Gasteiger partial charge >= 0.3 is 0 Å². The van der Waals surface area contributed by atoms with Gasteiger partial charge in [0.1, 0.15) is 11.4 Å². The van der Waals surface area contributed by atoms with Gasteiger partial charge in [0.2, 0.25) is 0 Å². The van der Waals surface area contributed by atoms with Crippen LogP contribution in [-0.4, -0.2) is 34.5 Å². The van der Waals surface area contributed by atoms with E-state index in [1.807, 2.05) is 4.57 Å². The Morgan fingerprint density at radius 1 is 1.03 bits per heavy atom. The molecule has 1 aromatic carbocycles. The summed E-state index contributed by atoms with van der Waals surface area (Å²) in [5.41, 5.74) is 1.96. The maximum Gasteiger partial charge on any atom is 0.291 e. The Kier molecular flexibility index (Phi) is 5.83. The quantitative estimate of drug-likeness (QED) is 0.809. The second kappa shape index (κ2) is 8.68. The topological polar surface area (TPSA) is 85.2 Å². The van der Waals surface area contributed by atoms with Gasteiger partial charge in [-0.1, -0.05) is 19.3 Å². The van der Waals surface area contributed by atoms with Gasteiger partial charge in [-0.3, -0.25) is 9.59 Å². The number of hydrogen-bond acceptors (Lipinski definition) is 4. The molecule has 2 aromatic rings. The Balaban J connectivity index is 1.54. The zero-order valence-corrected chi connectivity index (χ0v) is 16.9. The van der Waals surface area contributed by atoms with Crippen LogP contribution in [0.25, 0.3) is 0 Å². The molecule has 2 amide bonds. The van der Waals surface area contributed by atoms with Crippen LogP contribution >= 0.6 is 0 Å². The second-order valence-corrected chi connectivity index (χ2v) is 7.83. The molecular formula is C22H28N4O3. The molecule has 2 N–H and O–H groups in total. The van der Waals surface area contributed by atoms with Crippen LogP contribution in [0.4, 0.5) is 5.69 Å². The summed E-state index contributed by atoms with van der Waals surface area (Å²) in [6.45, 7) is 0.713. The average molecular weight is 396 g/mol. The summed E-state index contributed by atoms with van der Waals surface area (Å²) < 4.78 is 7.07. The molecule has 1 aromatic heterocycles. The fraction of sp³-hybridized carbons (Fsp3) is 0.500. The average Bonchev–Trinajstić information content (AvgIpc) is 3.15. The lowest BCUT2D eigenvalue weighted by Crippen LogP contribution is -2.37. The highest BCUT2D eigenvalue weighted by Gasteiger charge is 2.28. The van der Waals surface area contributed by atoms with Gasteiger partial charge in [-0.2, -0.15) is 0 Å². The number of aromatic nitrogens is 2. The van der Waals surface area contributed by atoms with Crippen LogP contribution in [0.1, 0.15) is 71.7 Å². The van der Waals surface area contributed by atoms with Crippen molar-refractivity contribution >= 4 is 17.5 Å². The van der Waals surface area contributed by atoms with E-state index in [1.165, 1.54) is 6.42 Å². The minimum absolute atomic E-state index is 0.147. The SMILES string of the molecule is COc1ccc(NC(=O)c2nc(C(=O)NC3CCCCC3)c3n2CCCC3)cc1. The Labute approximate surface area is 170 Å². The fourth-order valence-electron chi connectivity index (χ4n) is 4.26. The van der Waals surface area contributed by atoms with Gasteiger partial charge in [0.25, 0.3) is 11.8 Å². The first-order valence-electron chi connectivity index (χ1n) is 10.5. The van der Waals surface area contributed by atoms with Gasteiger partial charge in [0, 0.05) is 18.3 Å². The van der Waals surface area contributed by atoms with Crippen molar-refractivity contribution < 1.29 is 14.3 Å². The number of amides is 2. The Hall–Kier alpha value is -2.83. The smallest absolute Gasteiger partial charge is 0.291 e. The van der Waals surface area contributed by atoms with Crippen LogP contribution < -0.4 is 15.4 Å². The van der Waals surface area contributed by atoms with Crippen LogP contribution in [0.2, 0.25) is 0 Å². The van der Waals surface area contributed by atoms with Crippen molar-refractivity contribution in [3.63, 3.8) is 0 Å². The van der Waals surface area contributed by atoms with Crippen molar-refractivity contribution in [2.45, 2.75) is 64.0 Å². The summed E-state index contributed by atoms with van der Waals surface area (Å²) in [5.74, 6) is 0.591. The Morgan fingerprint density at radius 3 is 2.52 bits per heavy atom. The fourth-order valence-corrected chi connectivity index (χ4v) is 4.26. The molecule has 7 heteroatoms. The molecule has 1 aliphatic carbocycles. The highest BCUT2D eigenvalue weighted by atomic mass is 16.5. The minimum Gasteiger partial charge on any atom is -0.497 e. The van der Waals surface area contributed by atoms with Crippen molar-refractivity contribution in [2.75, 3.05) is 12.4 Å². The zero-order valence-electron chi connectivity index (χ0n) is 16.9. The number of nitrogens with zero attached hydrogens (tertiary/aromatic N) is 2. The maximum absolute atomic E-state index is 12.9. The summed E-state index contributed by atoms with van der Waals surface area (Å²) in [6.07, 6.45) is 8.35. The Bertz CT molecular complexity index is 882. The third kappa shape index (κ3) is 4.28. The van der Waals surface area contributed by atoms with E-state index in [2.05, 4.69) is 15.6 Å². The molecule has 4 rings (SSSR count). The summed E-state index contributed by atoms with van der Waals surface area (Å²) in [5, 5.41) is 6.02. The Morgan fingerprint density at radius 2 is 1.79 bits per heavy atom. The highest BCUT2D eigenvalue weighted by molar-refractivity contribution is 6.03. The molecular weight excluding hydrogens is 368 g/mol. The number of benzene rings is 1. The van der Waals surface area contributed by atoms with Crippen LogP contribution in [0.15, 0.2) is 24.3 Å². The van der Waals surface area contributed by atoms with Crippen molar-refractivity contribution in [2.24, 2.45) is 0 Å². The predicted molar refractivity (Wildman–Crippen MR) is 110 cm³/mol. The van der Waals surface area contributed by atoms with Crippen molar-refractivity contribution in [1.29, 1.82) is 0 Å². The third-order valence-electron chi connectivity index (χ3n) is 5.82. The standard InChI is InChI=1S/C22H28N4O3/c1-29-17-12-10-16(11-13-17)24-22(28)20-25-19(18-9-5-6-14-26(18)20)21(27)23-15-7-3-2-4-8-15/h10-13,15H,2-9,14H2,1H3,(H,23,27)(H,24,28). The number of carbonyl (C=O) groups excluding carboxylic acids is 2. The van der Waals surface area contributed by atoms with Gasteiger partial charge in [-0.25, -0.2) is 4.98 Å². The largest absolute Gasteiger partial charge is 0.497 e. The molecule has 0 bridgehead atoms.